The van der Waals surface area contributed by atoms with E-state index < -0.39 is 6.98 Å². The Labute approximate surface area is 436 Å². The summed E-state index contributed by atoms with van der Waals surface area (Å²) >= 11 is 0. The van der Waals surface area contributed by atoms with Crippen LogP contribution in [0, 0.1) is 27.7 Å². The largest absolute Gasteiger partial charge is 0.456 e. The molecule has 0 saturated carbocycles. The number of hydrogen-bond acceptors (Lipinski definition) is 12. The van der Waals surface area contributed by atoms with Gasteiger partial charge < -0.3 is 48.7 Å². The van der Waals surface area contributed by atoms with Crippen LogP contribution < -0.4 is 48.7 Å². The normalized spacial score (nSPS) is 15.2. The molecular formula is C62H56N10O2. The second kappa shape index (κ2) is 17.9. The van der Waals surface area contributed by atoms with Gasteiger partial charge in [-0.3, -0.25) is 9.97 Å². The summed E-state index contributed by atoms with van der Waals surface area (Å²) in [5, 5.41) is 0. The summed E-state index contributed by atoms with van der Waals surface area (Å²) < 4.78 is 37.9. The van der Waals surface area contributed by atoms with Crippen LogP contribution in [0.2, 0.25) is 0 Å². The summed E-state index contributed by atoms with van der Waals surface area (Å²) in [5.41, 5.74) is 18.8. The highest BCUT2D eigenvalue weighted by Crippen LogP contribution is 2.49. The lowest BCUT2D eigenvalue weighted by molar-refractivity contribution is 0.480. The molecule has 4 aliphatic heterocycles. The Morgan fingerprint density at radius 2 is 0.703 bits per heavy atom. The lowest BCUT2D eigenvalue weighted by Gasteiger charge is -2.24. The average Bonchev–Trinajstić information content (AvgIpc) is 4.25. The van der Waals surface area contributed by atoms with Gasteiger partial charge in [-0.2, -0.15) is 0 Å². The van der Waals surface area contributed by atoms with E-state index in [-0.39, 0.29) is 6.67 Å². The summed E-state index contributed by atoms with van der Waals surface area (Å²) in [7, 11) is 2.14. The van der Waals surface area contributed by atoms with Crippen LogP contribution in [0.4, 0.5) is 79.6 Å². The summed E-state index contributed by atoms with van der Waals surface area (Å²) in [6.45, 7) is 8.21. The van der Waals surface area contributed by atoms with Crippen molar-refractivity contribution in [1.29, 1.82) is 0 Å². The first-order chi connectivity index (χ1) is 37.3. The maximum atomic E-state index is 8.27. The van der Waals surface area contributed by atoms with Gasteiger partial charge in [-0.15, -0.1) is 0 Å². The third kappa shape index (κ3) is 7.86. The summed E-state index contributed by atoms with van der Waals surface area (Å²) in [6, 6.07) is 54.4. The van der Waals surface area contributed by atoms with E-state index >= 15 is 0 Å². The molecule has 0 saturated heterocycles. The van der Waals surface area contributed by atoms with Gasteiger partial charge in [-0.1, -0.05) is 36.4 Å². The highest BCUT2D eigenvalue weighted by Gasteiger charge is 2.32. The first kappa shape index (κ1) is 41.5. The minimum atomic E-state index is -2.29. The van der Waals surface area contributed by atoms with Gasteiger partial charge in [0.15, 0.2) is 0 Å². The topological polar surface area (TPSA) is 70.2 Å². The number of ether oxygens (including phenoxy) is 2. The molecule has 74 heavy (non-hydrogen) atoms. The average molecular weight is 976 g/mol. The molecule has 9 aromatic rings. The monoisotopic (exact) mass is 975 g/mol. The summed E-state index contributed by atoms with van der Waals surface area (Å²) in [6.07, 6.45) is 7.25. The molecule has 7 aromatic carbocycles. The minimum Gasteiger partial charge on any atom is -0.456 e. The fourth-order valence-electron chi connectivity index (χ4n) is 10.7. The lowest BCUT2D eigenvalue weighted by atomic mass is 10.1. The number of nitrogens with zero attached hydrogens (tertiary/aromatic N) is 10. The van der Waals surface area contributed by atoms with E-state index in [0.29, 0.717) is 36.3 Å². The maximum absolute atomic E-state index is 8.27. The van der Waals surface area contributed by atoms with Gasteiger partial charge in [0.2, 0.25) is 0 Å². The Bertz CT molecular complexity index is 3760. The number of anilines is 14. The molecule has 6 heterocycles. The molecule has 0 atom stereocenters. The predicted molar refractivity (Wildman–Crippen MR) is 302 cm³/mol. The van der Waals surface area contributed by atoms with Crippen molar-refractivity contribution in [2.24, 2.45) is 0 Å². The Morgan fingerprint density at radius 1 is 0.338 bits per heavy atom. The molecular weight excluding hydrogens is 917 g/mol. The van der Waals surface area contributed by atoms with E-state index in [1.165, 1.54) is 27.4 Å². The van der Waals surface area contributed by atoms with Crippen LogP contribution in [0.1, 0.15) is 26.4 Å². The van der Waals surface area contributed by atoms with Gasteiger partial charge in [-0.05, 0) is 147 Å². The quantitative estimate of drug-likeness (QED) is 0.131. The van der Waals surface area contributed by atoms with E-state index in [2.05, 4.69) is 169 Å². The number of pyridine rings is 2. The number of aromatic nitrogens is 2. The van der Waals surface area contributed by atoms with Crippen LogP contribution in [0.5, 0.6) is 23.0 Å². The van der Waals surface area contributed by atoms with Gasteiger partial charge in [0, 0.05) is 65.2 Å². The van der Waals surface area contributed by atoms with Gasteiger partial charge in [0.05, 0.1) is 95.0 Å². The van der Waals surface area contributed by atoms with Crippen molar-refractivity contribution in [3.8, 4) is 23.0 Å². The number of rotatable bonds is 10. The van der Waals surface area contributed by atoms with Gasteiger partial charge in [0.1, 0.15) is 36.3 Å². The fraction of sp³-hybridized carbons (Fsp3) is 0.161. The smallest absolute Gasteiger partial charge is 0.147 e. The van der Waals surface area contributed by atoms with Crippen LogP contribution in [-0.4, -0.2) is 50.7 Å². The van der Waals surface area contributed by atoms with Crippen LogP contribution in [0.3, 0.4) is 0 Å². The predicted octanol–water partition coefficient (Wildman–Crippen LogP) is 14.9. The number of aryl methyl sites for hydroxylation is 4. The van der Waals surface area contributed by atoms with Crippen LogP contribution in [0.25, 0.3) is 0 Å². The molecule has 0 N–H and O–H groups in total. The molecule has 12 nitrogen and oxygen atoms in total. The van der Waals surface area contributed by atoms with Crippen molar-refractivity contribution < 1.29 is 13.6 Å². The molecule has 0 aliphatic carbocycles. The molecule has 12 heteroatoms. The van der Waals surface area contributed by atoms with Crippen molar-refractivity contribution in [1.82, 2.24) is 9.97 Å². The van der Waals surface area contributed by atoms with E-state index in [1.807, 2.05) is 79.7 Å². The van der Waals surface area contributed by atoms with E-state index in [4.69, 9.17) is 13.6 Å². The molecule has 4 aliphatic rings. The fourth-order valence-corrected chi connectivity index (χ4v) is 10.7. The molecule has 0 unspecified atom stereocenters. The Kier molecular flexibility index (Phi) is 10.00. The number of hydrogen-bond donors (Lipinski definition) is 0. The van der Waals surface area contributed by atoms with E-state index in [1.54, 1.807) is 12.4 Å². The molecule has 2 aromatic heterocycles. The second-order valence-electron chi connectivity index (χ2n) is 19.6. The molecule has 13 rings (SSSR count). The van der Waals surface area contributed by atoms with Crippen LogP contribution >= 0.6 is 0 Å². The minimum absolute atomic E-state index is 0.197. The van der Waals surface area contributed by atoms with E-state index in [0.717, 1.165) is 86.1 Å². The number of benzene rings is 7. The van der Waals surface area contributed by atoms with Crippen molar-refractivity contribution in [2.45, 2.75) is 27.7 Å². The van der Waals surface area contributed by atoms with Gasteiger partial charge in [0.25, 0.3) is 0 Å². The highest BCUT2D eigenvalue weighted by molar-refractivity contribution is 5.90. The third-order valence-electron chi connectivity index (χ3n) is 14.8. The van der Waals surface area contributed by atoms with Crippen LogP contribution in [0.15, 0.2) is 183 Å². The maximum Gasteiger partial charge on any atom is 0.147 e. The molecule has 0 bridgehead atoms. The van der Waals surface area contributed by atoms with E-state index in [9.17, 15) is 0 Å². The second-order valence-corrected chi connectivity index (χ2v) is 19.6. The molecule has 366 valence electrons. The number of fused-ring (bicyclic) bond motifs is 4. The van der Waals surface area contributed by atoms with Gasteiger partial charge >= 0.3 is 0 Å². The Hall–Kier alpha value is -9.16. The zero-order valence-electron chi connectivity index (χ0n) is 44.9. The van der Waals surface area contributed by atoms with Crippen molar-refractivity contribution in [3.05, 3.63) is 205 Å². The van der Waals surface area contributed by atoms with Crippen molar-refractivity contribution in [3.63, 3.8) is 0 Å². The zero-order valence-corrected chi connectivity index (χ0v) is 41.9. The SMILES string of the molecule is [2H]C([2H])([2H])N1CN(c2cccc(Oc3cncc(N4CN(c5ccc(N6CN(c7cncc(Oc8cccc(N9CN(C)c%10cc(C)c(C)cc%109)c8)c7)c7ccccc76)cc5)c5ccccc54)c3)c2)c2cc(C)c(C)cc21. The lowest BCUT2D eigenvalue weighted by Crippen LogP contribution is -2.25. The van der Waals surface area contributed by atoms with Crippen LogP contribution in [-0.2, 0) is 0 Å². The van der Waals surface area contributed by atoms with Crippen molar-refractivity contribution >= 4 is 79.6 Å². The molecule has 0 spiro atoms. The Morgan fingerprint density at radius 3 is 1.14 bits per heavy atom. The molecule has 0 fully saturated rings. The first-order valence-corrected chi connectivity index (χ1v) is 24.9. The summed E-state index contributed by atoms with van der Waals surface area (Å²) in [4.78, 5) is 26.6. The molecule has 0 radical (unpaired) electrons. The highest BCUT2D eigenvalue weighted by atomic mass is 16.5. The van der Waals surface area contributed by atoms with Crippen molar-refractivity contribution in [2.75, 3.05) is 79.9 Å². The standard InChI is InChI=1S/C62H56N10O2/c1-41-25-59-61(27-43(41)3)67(37-65(59)5)47-13-11-15-51(29-47)73-53-31-49(33-63-35-53)71-39-69(55-17-7-9-19-57(55)71)45-21-23-46(24-22-45)70-40-72(58-20-10-8-18-56(58)70)50-32-54(36-64-34-50)74-52-16-12-14-48(30-52)68-38-66(6)60-26-42(2)44(4)28-62(60)68/h7-36H,37-40H2,1-6H3/i5D3. The number of para-hydroxylation sites is 4. The zero-order chi connectivity index (χ0) is 52.7. The Balaban J connectivity index is 0.711. The third-order valence-corrected chi connectivity index (χ3v) is 14.8. The van der Waals surface area contributed by atoms with Gasteiger partial charge in [-0.25, -0.2) is 0 Å². The first-order valence-electron chi connectivity index (χ1n) is 26.4. The molecule has 0 amide bonds. The summed E-state index contributed by atoms with van der Waals surface area (Å²) in [5.74, 6) is 2.60.